The lowest BCUT2D eigenvalue weighted by atomic mass is 9.96. The van der Waals surface area contributed by atoms with E-state index < -0.39 is 11.6 Å². The predicted octanol–water partition coefficient (Wildman–Crippen LogP) is 2.79. The summed E-state index contributed by atoms with van der Waals surface area (Å²) in [7, 11) is 1.84. The monoisotopic (exact) mass is 253 g/mol. The van der Waals surface area contributed by atoms with Gasteiger partial charge in [0.05, 0.1) is 12.9 Å². The van der Waals surface area contributed by atoms with Gasteiger partial charge in [-0.15, -0.1) is 0 Å². The number of likely N-dealkylation sites (N-methyl/N-ethyl adjacent to an activating group) is 1. The molecule has 4 heteroatoms. The van der Waals surface area contributed by atoms with Gasteiger partial charge in [-0.3, -0.25) is 0 Å². The van der Waals surface area contributed by atoms with E-state index >= 15 is 0 Å². The van der Waals surface area contributed by atoms with Crippen molar-refractivity contribution in [3.8, 4) is 0 Å². The highest BCUT2D eigenvalue weighted by Gasteiger charge is 2.16. The van der Waals surface area contributed by atoms with Crippen molar-refractivity contribution >= 4 is 0 Å². The molecule has 1 heterocycles. The molecule has 0 saturated heterocycles. The second-order valence-corrected chi connectivity index (χ2v) is 4.49. The normalized spacial score (nSPS) is 16.9. The van der Waals surface area contributed by atoms with Gasteiger partial charge in [-0.05, 0) is 49.6 Å². The minimum atomic E-state index is -0.534. The highest BCUT2D eigenvalue weighted by atomic mass is 19.1. The summed E-state index contributed by atoms with van der Waals surface area (Å²) in [6.45, 7) is 0.745. The van der Waals surface area contributed by atoms with Crippen LogP contribution in [0.15, 0.2) is 30.0 Å². The first-order chi connectivity index (χ1) is 8.69. The Hall–Kier alpha value is -1.42. The molecule has 1 aliphatic rings. The molecule has 0 radical (unpaired) electrons. The van der Waals surface area contributed by atoms with Crippen molar-refractivity contribution in [1.82, 2.24) is 5.32 Å². The molecule has 0 amide bonds. The van der Waals surface area contributed by atoms with Crippen molar-refractivity contribution in [3.63, 3.8) is 0 Å². The Morgan fingerprint density at radius 1 is 1.28 bits per heavy atom. The van der Waals surface area contributed by atoms with E-state index in [-0.39, 0.29) is 6.04 Å². The molecule has 2 nitrogen and oxygen atoms in total. The van der Waals surface area contributed by atoms with Crippen molar-refractivity contribution < 1.29 is 13.5 Å². The smallest absolute Gasteiger partial charge is 0.126 e. The van der Waals surface area contributed by atoms with Crippen LogP contribution in [0.25, 0.3) is 0 Å². The average molecular weight is 253 g/mol. The van der Waals surface area contributed by atoms with Crippen molar-refractivity contribution in [2.75, 3.05) is 13.7 Å². The maximum atomic E-state index is 13.1. The van der Waals surface area contributed by atoms with E-state index in [9.17, 15) is 8.78 Å². The van der Waals surface area contributed by atoms with E-state index in [0.717, 1.165) is 31.1 Å². The first-order valence-corrected chi connectivity index (χ1v) is 6.12. The molecule has 1 aromatic carbocycles. The highest BCUT2D eigenvalue weighted by molar-refractivity contribution is 5.22. The van der Waals surface area contributed by atoms with Crippen LogP contribution in [-0.4, -0.2) is 19.7 Å². The molecule has 0 spiro atoms. The Labute approximate surface area is 106 Å². The standard InChI is InChI=1S/C14H17F2NO/c1-17-14(11-3-2-4-18-9-11)7-10-5-12(15)8-13(16)6-10/h5-6,8-9,14,17H,2-4,7H2,1H3. The van der Waals surface area contributed by atoms with E-state index in [1.807, 2.05) is 7.05 Å². The molecule has 1 unspecified atom stereocenters. The van der Waals surface area contributed by atoms with Crippen molar-refractivity contribution in [3.05, 3.63) is 47.2 Å². The summed E-state index contributed by atoms with van der Waals surface area (Å²) in [6.07, 6.45) is 4.27. The number of rotatable bonds is 4. The summed E-state index contributed by atoms with van der Waals surface area (Å²) in [6, 6.07) is 3.70. The zero-order chi connectivity index (χ0) is 13.0. The van der Waals surface area contributed by atoms with Crippen LogP contribution in [0, 0.1) is 11.6 Å². The van der Waals surface area contributed by atoms with E-state index in [4.69, 9.17) is 4.74 Å². The lowest BCUT2D eigenvalue weighted by Crippen LogP contribution is -2.31. The molecule has 2 rings (SSSR count). The Bertz CT molecular complexity index is 425. The summed E-state index contributed by atoms with van der Waals surface area (Å²) < 4.78 is 31.5. The second kappa shape index (κ2) is 5.96. The highest BCUT2D eigenvalue weighted by Crippen LogP contribution is 2.19. The van der Waals surface area contributed by atoms with Gasteiger partial charge in [0, 0.05) is 12.1 Å². The predicted molar refractivity (Wildman–Crippen MR) is 66.2 cm³/mol. The fraction of sp³-hybridized carbons (Fsp3) is 0.429. The van der Waals surface area contributed by atoms with E-state index in [1.54, 1.807) is 6.26 Å². The molecule has 1 N–H and O–H groups in total. The van der Waals surface area contributed by atoms with Crippen LogP contribution in [-0.2, 0) is 11.2 Å². The molecule has 18 heavy (non-hydrogen) atoms. The summed E-state index contributed by atoms with van der Waals surface area (Å²) in [4.78, 5) is 0. The average Bonchev–Trinajstić information content (AvgIpc) is 2.36. The summed E-state index contributed by atoms with van der Waals surface area (Å²) >= 11 is 0. The fourth-order valence-corrected chi connectivity index (χ4v) is 2.22. The van der Waals surface area contributed by atoms with Gasteiger partial charge < -0.3 is 10.1 Å². The molecule has 1 atom stereocenters. The SMILES string of the molecule is CNC(Cc1cc(F)cc(F)c1)C1=COCCC1. The number of halogens is 2. The summed E-state index contributed by atoms with van der Waals surface area (Å²) in [5.74, 6) is -1.07. The van der Waals surface area contributed by atoms with Gasteiger partial charge in [0.2, 0.25) is 0 Å². The van der Waals surface area contributed by atoms with Gasteiger partial charge in [-0.25, -0.2) is 8.78 Å². The van der Waals surface area contributed by atoms with Gasteiger partial charge in [-0.2, -0.15) is 0 Å². The molecule has 0 aromatic heterocycles. The Balaban J connectivity index is 2.12. The maximum absolute atomic E-state index is 13.1. The van der Waals surface area contributed by atoms with Crippen LogP contribution in [0.3, 0.4) is 0 Å². The van der Waals surface area contributed by atoms with Gasteiger partial charge in [-0.1, -0.05) is 0 Å². The van der Waals surface area contributed by atoms with Crippen LogP contribution >= 0.6 is 0 Å². The number of hydrogen-bond donors (Lipinski definition) is 1. The molecule has 0 bridgehead atoms. The van der Waals surface area contributed by atoms with Crippen molar-refractivity contribution in [2.45, 2.75) is 25.3 Å². The minimum absolute atomic E-state index is 0.0616. The first kappa shape index (κ1) is 13.0. The Morgan fingerprint density at radius 3 is 2.56 bits per heavy atom. The molecule has 0 aliphatic carbocycles. The van der Waals surface area contributed by atoms with Crippen molar-refractivity contribution in [2.24, 2.45) is 0 Å². The number of nitrogens with one attached hydrogen (secondary N) is 1. The van der Waals surface area contributed by atoms with Gasteiger partial charge in [0.1, 0.15) is 11.6 Å². The Kier molecular flexibility index (Phi) is 4.31. The first-order valence-electron chi connectivity index (χ1n) is 6.12. The summed E-state index contributed by atoms with van der Waals surface area (Å²) in [5, 5.41) is 3.17. The molecule has 1 aromatic rings. The third kappa shape index (κ3) is 3.29. The van der Waals surface area contributed by atoms with E-state index in [2.05, 4.69) is 5.32 Å². The largest absolute Gasteiger partial charge is 0.501 e. The molecule has 0 fully saturated rings. The van der Waals surface area contributed by atoms with Crippen LogP contribution in [0.4, 0.5) is 8.78 Å². The summed E-state index contributed by atoms with van der Waals surface area (Å²) in [5.41, 5.74) is 1.80. The van der Waals surface area contributed by atoms with Crippen LogP contribution in [0.1, 0.15) is 18.4 Å². The molecular weight excluding hydrogens is 236 g/mol. The molecule has 98 valence electrons. The van der Waals surface area contributed by atoms with E-state index in [1.165, 1.54) is 12.1 Å². The number of hydrogen-bond acceptors (Lipinski definition) is 2. The van der Waals surface area contributed by atoms with Crippen LogP contribution < -0.4 is 5.32 Å². The van der Waals surface area contributed by atoms with Gasteiger partial charge in [0.25, 0.3) is 0 Å². The zero-order valence-electron chi connectivity index (χ0n) is 10.4. The Morgan fingerprint density at radius 2 is 2.00 bits per heavy atom. The van der Waals surface area contributed by atoms with Crippen molar-refractivity contribution in [1.29, 1.82) is 0 Å². The molecule has 0 saturated carbocycles. The minimum Gasteiger partial charge on any atom is -0.501 e. The van der Waals surface area contributed by atoms with Gasteiger partial charge in [0.15, 0.2) is 0 Å². The van der Waals surface area contributed by atoms with Crippen LogP contribution in [0.5, 0.6) is 0 Å². The third-order valence-electron chi connectivity index (χ3n) is 3.12. The lowest BCUT2D eigenvalue weighted by Gasteiger charge is -2.23. The molecule has 1 aliphatic heterocycles. The number of benzene rings is 1. The molecular formula is C14H17F2NO. The quantitative estimate of drug-likeness (QED) is 0.891. The number of ether oxygens (including phenoxy) is 1. The zero-order valence-corrected chi connectivity index (χ0v) is 10.4. The topological polar surface area (TPSA) is 21.3 Å². The lowest BCUT2D eigenvalue weighted by molar-refractivity contribution is 0.219. The van der Waals surface area contributed by atoms with Gasteiger partial charge >= 0.3 is 0 Å². The third-order valence-corrected chi connectivity index (χ3v) is 3.12. The van der Waals surface area contributed by atoms with Crippen LogP contribution in [0.2, 0.25) is 0 Å². The second-order valence-electron chi connectivity index (χ2n) is 4.49. The fourth-order valence-electron chi connectivity index (χ4n) is 2.22. The maximum Gasteiger partial charge on any atom is 0.126 e. The van der Waals surface area contributed by atoms with E-state index in [0.29, 0.717) is 12.0 Å².